The summed E-state index contributed by atoms with van der Waals surface area (Å²) in [6, 6.07) is 0. The molecule has 9 heteroatoms. The molecule has 0 aliphatic rings. The van der Waals surface area contributed by atoms with Crippen LogP contribution in [0.2, 0.25) is 0 Å². The van der Waals surface area contributed by atoms with Gasteiger partial charge in [0, 0.05) is 19.6 Å². The maximum Gasteiger partial charge on any atom is 0.472 e. The van der Waals surface area contributed by atoms with Crippen LogP contribution in [0, 0.1) is 0 Å². The van der Waals surface area contributed by atoms with E-state index in [1.165, 1.54) is 70.6 Å². The van der Waals surface area contributed by atoms with Gasteiger partial charge in [-0.1, -0.05) is 127 Å². The quantitative estimate of drug-likeness (QED) is 0.0293. The molecule has 0 aromatic rings. The first kappa shape index (κ1) is 45.5. The Kier molecular flexibility index (Phi) is 34.6. The minimum Gasteiger partial charge on any atom is -0.457 e. The molecule has 0 radical (unpaired) electrons. The molecule has 0 aromatic carbocycles. The summed E-state index contributed by atoms with van der Waals surface area (Å²) in [5.41, 5.74) is 5.34. The van der Waals surface area contributed by atoms with Gasteiger partial charge >= 0.3 is 13.8 Å². The standard InChI is InChI=1S/C38H70NO7P/c1-3-5-7-9-11-13-15-16-17-18-19-20-21-23-25-27-29-31-38(40)46-37(36-45-47(41,42)44-34-32-39)35-43-33-30-28-26-24-22-14-12-10-8-6-4-2/h5,7-8,10-11,13,16-17,37H,3-4,6,9,12,14-15,18-36,39H2,1-2H3,(H,41,42)/b7-5-,10-8-,13-11-,17-16-. The number of phosphoric acid groups is 1. The number of hydrogen-bond acceptors (Lipinski definition) is 7. The van der Waals surface area contributed by atoms with Crippen LogP contribution in [0.4, 0.5) is 0 Å². The summed E-state index contributed by atoms with van der Waals surface area (Å²) in [6.45, 7) is 4.71. The fourth-order valence-electron chi connectivity index (χ4n) is 4.78. The number of ether oxygens (including phenoxy) is 2. The first-order valence-corrected chi connectivity index (χ1v) is 20.1. The van der Waals surface area contributed by atoms with E-state index in [1.54, 1.807) is 0 Å². The maximum atomic E-state index is 12.5. The van der Waals surface area contributed by atoms with Gasteiger partial charge in [-0.15, -0.1) is 0 Å². The van der Waals surface area contributed by atoms with Crippen LogP contribution in [0.1, 0.15) is 149 Å². The average Bonchev–Trinajstić information content (AvgIpc) is 3.06. The van der Waals surface area contributed by atoms with Crippen molar-refractivity contribution in [3.63, 3.8) is 0 Å². The van der Waals surface area contributed by atoms with Crippen LogP contribution in [0.3, 0.4) is 0 Å². The van der Waals surface area contributed by atoms with E-state index in [0.717, 1.165) is 57.8 Å². The van der Waals surface area contributed by atoms with E-state index in [0.29, 0.717) is 13.0 Å². The summed E-state index contributed by atoms with van der Waals surface area (Å²) in [6.07, 6.45) is 39.8. The predicted molar refractivity (Wildman–Crippen MR) is 196 cm³/mol. The summed E-state index contributed by atoms with van der Waals surface area (Å²) in [5.74, 6) is -0.346. The van der Waals surface area contributed by atoms with Crippen LogP contribution in [0.25, 0.3) is 0 Å². The van der Waals surface area contributed by atoms with Crippen molar-refractivity contribution in [3.05, 3.63) is 48.6 Å². The SMILES string of the molecule is CC/C=C\C/C=C\C/C=C\CCCCCCCCCC(=O)OC(COCCCCCCCC/C=C\CCC)COP(=O)(O)OCCN. The molecule has 0 aliphatic heterocycles. The Labute approximate surface area is 288 Å². The second-order valence-corrected chi connectivity index (χ2v) is 13.5. The lowest BCUT2D eigenvalue weighted by molar-refractivity contribution is -0.154. The minimum atomic E-state index is -4.27. The molecule has 0 amide bonds. The Morgan fingerprint density at radius 2 is 1.19 bits per heavy atom. The first-order chi connectivity index (χ1) is 22.9. The number of allylic oxidation sites excluding steroid dienone is 8. The van der Waals surface area contributed by atoms with Crippen LogP contribution in [0.15, 0.2) is 48.6 Å². The van der Waals surface area contributed by atoms with Crippen molar-refractivity contribution >= 4 is 13.8 Å². The zero-order chi connectivity index (χ0) is 34.5. The largest absolute Gasteiger partial charge is 0.472 e. The molecule has 3 N–H and O–H groups in total. The van der Waals surface area contributed by atoms with Gasteiger partial charge in [0.1, 0.15) is 6.10 Å². The molecule has 0 fully saturated rings. The molecule has 0 spiro atoms. The highest BCUT2D eigenvalue weighted by Gasteiger charge is 2.25. The van der Waals surface area contributed by atoms with Gasteiger partial charge in [-0.25, -0.2) is 4.57 Å². The van der Waals surface area contributed by atoms with Gasteiger partial charge < -0.3 is 20.1 Å². The molecule has 8 nitrogen and oxygen atoms in total. The lowest BCUT2D eigenvalue weighted by Gasteiger charge is -2.20. The van der Waals surface area contributed by atoms with Crippen LogP contribution < -0.4 is 5.73 Å². The van der Waals surface area contributed by atoms with E-state index >= 15 is 0 Å². The molecular weight excluding hydrogens is 613 g/mol. The zero-order valence-electron chi connectivity index (χ0n) is 30.0. The molecular formula is C38H70NO7P. The molecule has 0 saturated heterocycles. The molecule has 0 heterocycles. The Bertz CT molecular complexity index is 859. The Balaban J connectivity index is 4.11. The predicted octanol–water partition coefficient (Wildman–Crippen LogP) is 10.5. The molecule has 274 valence electrons. The topological polar surface area (TPSA) is 117 Å². The second-order valence-electron chi connectivity index (χ2n) is 12.1. The highest BCUT2D eigenvalue weighted by Crippen LogP contribution is 2.43. The lowest BCUT2D eigenvalue weighted by Crippen LogP contribution is -2.28. The van der Waals surface area contributed by atoms with Crippen molar-refractivity contribution in [2.45, 2.75) is 155 Å². The van der Waals surface area contributed by atoms with E-state index in [4.69, 9.17) is 24.3 Å². The van der Waals surface area contributed by atoms with E-state index in [1.807, 2.05) is 0 Å². The highest BCUT2D eigenvalue weighted by molar-refractivity contribution is 7.47. The number of esters is 1. The van der Waals surface area contributed by atoms with Crippen molar-refractivity contribution in [3.8, 4) is 0 Å². The van der Waals surface area contributed by atoms with Gasteiger partial charge in [0.15, 0.2) is 0 Å². The summed E-state index contributed by atoms with van der Waals surface area (Å²) < 4.78 is 33.2. The molecule has 0 aliphatic carbocycles. The monoisotopic (exact) mass is 683 g/mol. The molecule has 0 saturated carbocycles. The molecule has 0 rings (SSSR count). The highest BCUT2D eigenvalue weighted by atomic mass is 31.2. The van der Waals surface area contributed by atoms with Crippen LogP contribution in [-0.2, 0) is 27.9 Å². The fraction of sp³-hybridized carbons (Fsp3) is 0.763. The van der Waals surface area contributed by atoms with Gasteiger partial charge in [-0.05, 0) is 64.2 Å². The number of carbonyl (C=O) groups is 1. The van der Waals surface area contributed by atoms with E-state index in [-0.39, 0.29) is 32.3 Å². The van der Waals surface area contributed by atoms with Gasteiger partial charge in [-0.2, -0.15) is 0 Å². The third-order valence-corrected chi connectivity index (χ3v) is 8.45. The third kappa shape index (κ3) is 35.6. The van der Waals surface area contributed by atoms with Gasteiger partial charge in [0.25, 0.3) is 0 Å². The smallest absolute Gasteiger partial charge is 0.457 e. The van der Waals surface area contributed by atoms with Crippen molar-refractivity contribution < 1.29 is 32.8 Å². The van der Waals surface area contributed by atoms with Crippen LogP contribution in [0.5, 0.6) is 0 Å². The maximum absolute atomic E-state index is 12.5. The Hall–Kier alpha value is -1.54. The van der Waals surface area contributed by atoms with Crippen molar-refractivity contribution in [2.24, 2.45) is 5.73 Å². The Morgan fingerprint density at radius 3 is 1.81 bits per heavy atom. The average molecular weight is 684 g/mol. The summed E-state index contributed by atoms with van der Waals surface area (Å²) in [7, 11) is -4.27. The second kappa shape index (κ2) is 35.8. The summed E-state index contributed by atoms with van der Waals surface area (Å²) >= 11 is 0. The summed E-state index contributed by atoms with van der Waals surface area (Å²) in [4.78, 5) is 22.4. The van der Waals surface area contributed by atoms with Crippen LogP contribution in [-0.4, -0.2) is 49.9 Å². The fourth-order valence-corrected chi connectivity index (χ4v) is 5.54. The van der Waals surface area contributed by atoms with Crippen molar-refractivity contribution in [1.29, 1.82) is 0 Å². The molecule has 2 atom stereocenters. The number of carbonyl (C=O) groups excluding carboxylic acids is 1. The Morgan fingerprint density at radius 1 is 0.660 bits per heavy atom. The number of rotatable bonds is 35. The van der Waals surface area contributed by atoms with E-state index in [2.05, 4.69) is 62.5 Å². The van der Waals surface area contributed by atoms with E-state index < -0.39 is 13.9 Å². The molecule has 47 heavy (non-hydrogen) atoms. The van der Waals surface area contributed by atoms with Crippen molar-refractivity contribution in [2.75, 3.05) is 33.0 Å². The molecule has 0 bridgehead atoms. The van der Waals surface area contributed by atoms with Gasteiger partial charge in [0.2, 0.25) is 0 Å². The number of nitrogens with two attached hydrogens (primary N) is 1. The first-order valence-electron chi connectivity index (χ1n) is 18.6. The molecule has 2 unspecified atom stereocenters. The van der Waals surface area contributed by atoms with Crippen LogP contribution >= 0.6 is 7.82 Å². The normalized spacial score (nSPS) is 14.2. The number of phosphoric ester groups is 1. The van der Waals surface area contributed by atoms with Crippen molar-refractivity contribution in [1.82, 2.24) is 0 Å². The minimum absolute atomic E-state index is 0.0958. The molecule has 0 aromatic heterocycles. The third-order valence-electron chi connectivity index (χ3n) is 7.46. The number of hydrogen-bond donors (Lipinski definition) is 2. The number of unbranched alkanes of at least 4 members (excludes halogenated alkanes) is 14. The zero-order valence-corrected chi connectivity index (χ0v) is 30.9. The van der Waals surface area contributed by atoms with Gasteiger partial charge in [-0.3, -0.25) is 13.8 Å². The lowest BCUT2D eigenvalue weighted by atomic mass is 10.1. The van der Waals surface area contributed by atoms with E-state index in [9.17, 15) is 14.3 Å². The van der Waals surface area contributed by atoms with Gasteiger partial charge in [0.05, 0.1) is 19.8 Å². The summed E-state index contributed by atoms with van der Waals surface area (Å²) in [5, 5.41) is 0.